The van der Waals surface area contributed by atoms with Crippen LogP contribution in [0.3, 0.4) is 0 Å². The Bertz CT molecular complexity index is 1760. The number of alkyl carbamates (subject to hydrolysis) is 1. The zero-order chi connectivity index (χ0) is 36.2. The minimum Gasteiger partial charge on any atom is -0.444 e. The molecular weight excluding hydrogens is 673 g/mol. The predicted octanol–water partition coefficient (Wildman–Crippen LogP) is 2.53. The van der Waals surface area contributed by atoms with Gasteiger partial charge in [-0.05, 0) is 64.5 Å². The summed E-state index contributed by atoms with van der Waals surface area (Å²) in [5.41, 5.74) is -1.45. The van der Waals surface area contributed by atoms with Gasteiger partial charge < -0.3 is 25.0 Å². The number of sulfonamides is 1. The number of benzene rings is 1. The van der Waals surface area contributed by atoms with E-state index in [0.717, 1.165) is 0 Å². The third-order valence-corrected chi connectivity index (χ3v) is 11.5. The lowest BCUT2D eigenvalue weighted by atomic mass is 10.0. The van der Waals surface area contributed by atoms with Crippen LogP contribution in [0.1, 0.15) is 70.4 Å². The molecule has 1 aromatic rings. The molecule has 3 N–H and O–H groups in total. The Morgan fingerprint density at radius 1 is 1.10 bits per heavy atom. The van der Waals surface area contributed by atoms with Crippen LogP contribution in [0.15, 0.2) is 43.0 Å². The van der Waals surface area contributed by atoms with Crippen molar-refractivity contribution in [3.8, 4) is 0 Å². The molecule has 14 nitrogen and oxygen atoms in total. The topological polar surface area (TPSA) is 181 Å². The molecule has 1 unspecified atom stereocenters. The molecule has 5 amide bonds. The van der Waals surface area contributed by atoms with Crippen LogP contribution in [-0.4, -0.2) is 88.7 Å². The van der Waals surface area contributed by atoms with Gasteiger partial charge in [0.2, 0.25) is 21.8 Å². The highest BCUT2D eigenvalue weighted by Gasteiger charge is 2.62. The van der Waals surface area contributed by atoms with Crippen molar-refractivity contribution in [1.29, 1.82) is 0 Å². The molecule has 3 heterocycles. The predicted molar refractivity (Wildman–Crippen MR) is 176 cm³/mol. The minimum atomic E-state index is -3.93. The van der Waals surface area contributed by atoms with Crippen LogP contribution in [0.2, 0.25) is 0 Å². The van der Waals surface area contributed by atoms with Gasteiger partial charge in [0.1, 0.15) is 35.1 Å². The summed E-state index contributed by atoms with van der Waals surface area (Å²) in [6, 6.07) is 1.32. The minimum absolute atomic E-state index is 0.0170. The van der Waals surface area contributed by atoms with Crippen molar-refractivity contribution in [3.05, 3.63) is 60.0 Å². The van der Waals surface area contributed by atoms with Crippen molar-refractivity contribution in [2.45, 2.75) is 113 Å². The average Bonchev–Trinajstić information content (AvgIpc) is 3.93. The summed E-state index contributed by atoms with van der Waals surface area (Å²) in [5, 5.41) is 4.63. The number of amides is 5. The number of hydrogen-bond acceptors (Lipinski definition) is 9. The van der Waals surface area contributed by atoms with Gasteiger partial charge in [0.15, 0.2) is 0 Å². The molecule has 16 heteroatoms. The third kappa shape index (κ3) is 7.07. The molecule has 6 rings (SSSR count). The first-order chi connectivity index (χ1) is 23.5. The molecule has 0 spiro atoms. The van der Waals surface area contributed by atoms with Crippen molar-refractivity contribution in [2.24, 2.45) is 5.92 Å². The molecule has 0 bridgehead atoms. The lowest BCUT2D eigenvalue weighted by molar-refractivity contribution is -0.143. The van der Waals surface area contributed by atoms with Gasteiger partial charge in [-0.15, -0.1) is 6.58 Å². The van der Waals surface area contributed by atoms with Gasteiger partial charge in [-0.2, -0.15) is 0 Å². The fourth-order valence-electron chi connectivity index (χ4n) is 6.90. The number of nitrogens with zero attached hydrogens (tertiary/aromatic N) is 2. The van der Waals surface area contributed by atoms with Crippen LogP contribution in [0.5, 0.6) is 0 Å². The summed E-state index contributed by atoms with van der Waals surface area (Å²) in [6.45, 7) is 8.84. The van der Waals surface area contributed by atoms with Gasteiger partial charge in [-0.25, -0.2) is 22.4 Å². The Morgan fingerprint density at radius 3 is 2.46 bits per heavy atom. The SMILES string of the molecule is C=CC1C[C@]1(NC(=O)[C@@H]1C[C@@H](OC(=O)N2Cc3cccc(F)c3C2)[C@@H]2C/C=C\C[C@H](NC(=O)OC(C)(C)C)C(=O)N12)C(=O)NS(=O)(=O)C1CC1. The second kappa shape index (κ2) is 13.0. The van der Waals surface area contributed by atoms with Crippen molar-refractivity contribution in [1.82, 2.24) is 25.2 Å². The monoisotopic (exact) mass is 715 g/mol. The van der Waals surface area contributed by atoms with E-state index in [1.165, 1.54) is 21.9 Å². The van der Waals surface area contributed by atoms with Crippen LogP contribution in [0.25, 0.3) is 0 Å². The van der Waals surface area contributed by atoms with Crippen LogP contribution >= 0.6 is 0 Å². The number of rotatable bonds is 8. The van der Waals surface area contributed by atoms with Crippen LogP contribution < -0.4 is 15.4 Å². The Hall–Kier alpha value is -4.47. The number of ether oxygens (including phenoxy) is 2. The van der Waals surface area contributed by atoms with E-state index < -0.39 is 92.3 Å². The second-order valence-electron chi connectivity index (χ2n) is 14.5. The lowest BCUT2D eigenvalue weighted by Gasteiger charge is -2.35. The molecule has 6 atom stereocenters. The number of hydrogen-bond donors (Lipinski definition) is 3. The zero-order valence-corrected chi connectivity index (χ0v) is 29.0. The molecule has 50 heavy (non-hydrogen) atoms. The fourth-order valence-corrected chi connectivity index (χ4v) is 8.26. The van der Waals surface area contributed by atoms with E-state index in [0.29, 0.717) is 24.0 Å². The van der Waals surface area contributed by atoms with E-state index in [2.05, 4.69) is 21.9 Å². The Labute approximate surface area is 289 Å². The maximum Gasteiger partial charge on any atom is 0.410 e. The van der Waals surface area contributed by atoms with Gasteiger partial charge in [0, 0.05) is 24.4 Å². The van der Waals surface area contributed by atoms with E-state index in [9.17, 15) is 36.8 Å². The van der Waals surface area contributed by atoms with E-state index in [1.54, 1.807) is 45.1 Å². The number of carbonyl (C=O) groups is 5. The van der Waals surface area contributed by atoms with Crippen LogP contribution in [0.4, 0.5) is 14.0 Å². The highest BCUT2D eigenvalue weighted by Crippen LogP contribution is 2.46. The molecule has 3 aliphatic heterocycles. The normalized spacial score (nSPS) is 29.4. The highest BCUT2D eigenvalue weighted by atomic mass is 32.2. The van der Waals surface area contributed by atoms with Gasteiger partial charge in [-0.3, -0.25) is 24.0 Å². The molecule has 3 fully saturated rings. The summed E-state index contributed by atoms with van der Waals surface area (Å²) in [4.78, 5) is 70.7. The molecule has 1 saturated heterocycles. The molecule has 1 aromatic carbocycles. The van der Waals surface area contributed by atoms with Gasteiger partial charge in [0.05, 0.1) is 17.8 Å². The number of nitrogens with one attached hydrogen (secondary N) is 3. The molecular formula is C34H42FN5O9S. The summed E-state index contributed by atoms with van der Waals surface area (Å²) in [7, 11) is -3.93. The maximum absolute atomic E-state index is 14.4. The summed E-state index contributed by atoms with van der Waals surface area (Å²) < 4.78 is 53.1. The lowest BCUT2D eigenvalue weighted by Crippen LogP contribution is -2.60. The smallest absolute Gasteiger partial charge is 0.410 e. The average molecular weight is 716 g/mol. The number of carbonyl (C=O) groups excluding carboxylic acids is 5. The molecule has 5 aliphatic rings. The second-order valence-corrected chi connectivity index (χ2v) is 16.5. The maximum atomic E-state index is 14.4. The van der Waals surface area contributed by atoms with Crippen molar-refractivity contribution in [3.63, 3.8) is 0 Å². The Balaban J connectivity index is 1.26. The quantitative estimate of drug-likeness (QED) is 0.341. The Kier molecular flexibility index (Phi) is 9.20. The first kappa shape index (κ1) is 35.4. The van der Waals surface area contributed by atoms with E-state index in [-0.39, 0.29) is 38.8 Å². The zero-order valence-electron chi connectivity index (χ0n) is 28.1. The molecule has 2 aliphatic carbocycles. The van der Waals surface area contributed by atoms with Crippen molar-refractivity contribution in [2.75, 3.05) is 0 Å². The molecule has 270 valence electrons. The van der Waals surface area contributed by atoms with Gasteiger partial charge in [-0.1, -0.05) is 30.4 Å². The Morgan fingerprint density at radius 2 is 1.82 bits per heavy atom. The molecule has 0 radical (unpaired) electrons. The first-order valence-electron chi connectivity index (χ1n) is 16.7. The van der Waals surface area contributed by atoms with Crippen molar-refractivity contribution < 1.29 is 46.3 Å². The van der Waals surface area contributed by atoms with Crippen LogP contribution in [0, 0.1) is 11.7 Å². The third-order valence-electron chi connectivity index (χ3n) is 9.73. The number of halogens is 1. The summed E-state index contributed by atoms with van der Waals surface area (Å²) in [6.07, 6.45) is 3.39. The van der Waals surface area contributed by atoms with Crippen LogP contribution in [-0.2, 0) is 47.0 Å². The van der Waals surface area contributed by atoms with Gasteiger partial charge in [0.25, 0.3) is 5.91 Å². The van der Waals surface area contributed by atoms with Crippen molar-refractivity contribution >= 4 is 39.9 Å². The summed E-state index contributed by atoms with van der Waals surface area (Å²) >= 11 is 0. The number of fused-ring (bicyclic) bond motifs is 2. The first-order valence-corrected chi connectivity index (χ1v) is 18.3. The van der Waals surface area contributed by atoms with Gasteiger partial charge >= 0.3 is 12.2 Å². The van der Waals surface area contributed by atoms with E-state index in [4.69, 9.17) is 9.47 Å². The largest absolute Gasteiger partial charge is 0.444 e. The standard InChI is InChI=1S/C34H42FN5O9S/c1-5-20-16-34(20,30(43)38-50(46,47)21-13-14-21)37-28(41)26-15-27(48-32(45)39-17-19-9-8-10-23(35)22(19)18-39)25-12-7-6-11-24(29(42)40(25)26)36-31(44)49-33(2,3)4/h5-10,20-21,24-27H,1,11-18H2,2-4H3,(H,36,44)(H,37,41)(H,38,43)/b7-6-/t20?,24-,25-,26-,27+,34+/m0/s1. The highest BCUT2D eigenvalue weighted by molar-refractivity contribution is 7.91. The molecule has 0 aromatic heterocycles. The summed E-state index contributed by atoms with van der Waals surface area (Å²) in [5.74, 6) is -3.31. The molecule has 2 saturated carbocycles. The van der Waals surface area contributed by atoms with E-state index in [1.807, 2.05) is 0 Å². The van der Waals surface area contributed by atoms with E-state index >= 15 is 0 Å². The fraction of sp³-hybridized carbons (Fsp3) is 0.559.